The second kappa shape index (κ2) is 8.53. The van der Waals surface area contributed by atoms with Crippen LogP contribution in [-0.2, 0) is 6.54 Å². The number of pyridine rings is 1. The molecule has 0 unspecified atom stereocenters. The Bertz CT molecular complexity index is 615. The van der Waals surface area contributed by atoms with Gasteiger partial charge in [0.15, 0.2) is 5.82 Å². The molecule has 6 heteroatoms. The van der Waals surface area contributed by atoms with Crippen molar-refractivity contribution in [3.8, 4) is 0 Å². The molecule has 0 spiro atoms. The van der Waals surface area contributed by atoms with Crippen LogP contribution in [0.15, 0.2) is 66.9 Å². The number of aryl methyl sites for hydroxylation is 1. The third-order valence-corrected chi connectivity index (χ3v) is 3.32. The van der Waals surface area contributed by atoms with Gasteiger partial charge in [0.25, 0.3) is 6.20 Å². The van der Waals surface area contributed by atoms with Crippen LogP contribution >= 0.6 is 0 Å². The lowest BCUT2D eigenvalue weighted by molar-refractivity contribution is -0.404. The molecule has 0 aliphatic carbocycles. The smallest absolute Gasteiger partial charge is 0.274 e. The normalized spacial score (nSPS) is 14.8. The summed E-state index contributed by atoms with van der Waals surface area (Å²) >= 11 is 0. The van der Waals surface area contributed by atoms with Crippen molar-refractivity contribution >= 4 is 0 Å². The average Bonchev–Trinajstić information content (AvgIpc) is 2.98. The monoisotopic (exact) mass is 312 g/mol. The molecule has 1 N–H and O–H groups in total. The van der Waals surface area contributed by atoms with Crippen LogP contribution in [0, 0.1) is 17.0 Å². The maximum Gasteiger partial charge on any atom is 0.274 e. The number of hydrogen-bond donors (Lipinski definition) is 1. The van der Waals surface area contributed by atoms with E-state index in [-0.39, 0.29) is 0 Å². The van der Waals surface area contributed by atoms with Crippen LogP contribution in [0.4, 0.5) is 0 Å². The van der Waals surface area contributed by atoms with E-state index < -0.39 is 4.92 Å². The van der Waals surface area contributed by atoms with Crippen LogP contribution in [0.3, 0.4) is 0 Å². The van der Waals surface area contributed by atoms with E-state index in [1.165, 1.54) is 5.56 Å². The minimum absolute atomic E-state index is 0.421. The quantitative estimate of drug-likeness (QED) is 0.696. The fraction of sp³-hybridized carbons (Fsp3) is 0.235. The summed E-state index contributed by atoms with van der Waals surface area (Å²) in [6.07, 6.45) is 4.53. The minimum atomic E-state index is -0.421. The summed E-state index contributed by atoms with van der Waals surface area (Å²) in [5, 5.41) is 13.5. The molecule has 2 heterocycles. The number of rotatable bonds is 3. The van der Waals surface area contributed by atoms with Gasteiger partial charge in [-0.2, -0.15) is 0 Å². The zero-order valence-corrected chi connectivity index (χ0v) is 13.1. The molecule has 1 fully saturated rings. The van der Waals surface area contributed by atoms with E-state index in [0.29, 0.717) is 12.4 Å². The summed E-state index contributed by atoms with van der Waals surface area (Å²) in [7, 11) is 0. The zero-order valence-electron chi connectivity index (χ0n) is 13.1. The Balaban J connectivity index is 0.000000268. The highest BCUT2D eigenvalue weighted by atomic mass is 16.6. The molecule has 1 aliphatic rings. The van der Waals surface area contributed by atoms with Crippen molar-refractivity contribution in [1.82, 2.24) is 15.2 Å². The number of benzene rings is 1. The maximum absolute atomic E-state index is 10.5. The Morgan fingerprint density at radius 2 is 1.96 bits per heavy atom. The molecule has 2 aromatic rings. The summed E-state index contributed by atoms with van der Waals surface area (Å²) in [5.74, 6) is 0.593. The molecule has 6 nitrogen and oxygen atoms in total. The molecule has 120 valence electrons. The van der Waals surface area contributed by atoms with Crippen LogP contribution in [0.2, 0.25) is 0 Å². The number of nitrogens with zero attached hydrogens (tertiary/aromatic N) is 3. The highest BCUT2D eigenvalue weighted by Crippen LogP contribution is 2.13. The summed E-state index contributed by atoms with van der Waals surface area (Å²) < 4.78 is 0. The van der Waals surface area contributed by atoms with E-state index >= 15 is 0 Å². The Hall–Kier alpha value is -2.89. The van der Waals surface area contributed by atoms with E-state index in [1.807, 2.05) is 30.0 Å². The summed E-state index contributed by atoms with van der Waals surface area (Å²) in [6.45, 7) is 4.30. The van der Waals surface area contributed by atoms with Crippen molar-refractivity contribution < 1.29 is 4.92 Å². The molecule has 1 aromatic carbocycles. The number of nitrogens with one attached hydrogen (secondary N) is 1. The molecule has 1 aliphatic heterocycles. The molecule has 1 aromatic heterocycles. The molecular formula is C17H20N4O2. The van der Waals surface area contributed by atoms with Crippen molar-refractivity contribution in [3.63, 3.8) is 0 Å². The zero-order chi connectivity index (χ0) is 16.5. The summed E-state index contributed by atoms with van der Waals surface area (Å²) in [6, 6.07) is 13.9. The van der Waals surface area contributed by atoms with Gasteiger partial charge < -0.3 is 10.2 Å². The number of nitro groups is 1. The van der Waals surface area contributed by atoms with E-state index in [0.717, 1.165) is 24.9 Å². The van der Waals surface area contributed by atoms with Crippen LogP contribution in [0.1, 0.15) is 11.1 Å². The fourth-order valence-electron chi connectivity index (χ4n) is 2.17. The van der Waals surface area contributed by atoms with E-state index in [4.69, 9.17) is 0 Å². The Morgan fingerprint density at radius 3 is 2.48 bits per heavy atom. The highest BCUT2D eigenvalue weighted by Gasteiger charge is 2.19. The van der Waals surface area contributed by atoms with Gasteiger partial charge >= 0.3 is 0 Å². The van der Waals surface area contributed by atoms with Gasteiger partial charge in [0, 0.05) is 32.0 Å². The molecule has 0 atom stereocenters. The van der Waals surface area contributed by atoms with E-state index in [1.54, 1.807) is 12.4 Å². The Morgan fingerprint density at radius 1 is 1.26 bits per heavy atom. The third kappa shape index (κ3) is 5.78. The number of hydrogen-bond acceptors (Lipinski definition) is 5. The van der Waals surface area contributed by atoms with Gasteiger partial charge in [-0.1, -0.05) is 35.9 Å². The van der Waals surface area contributed by atoms with Gasteiger partial charge in [0.2, 0.25) is 0 Å². The Labute approximate surface area is 135 Å². The highest BCUT2D eigenvalue weighted by molar-refractivity contribution is 5.22. The molecule has 0 bridgehead atoms. The topological polar surface area (TPSA) is 71.3 Å². The lowest BCUT2D eigenvalue weighted by atomic mass is 10.1. The molecule has 3 rings (SSSR count). The van der Waals surface area contributed by atoms with Crippen molar-refractivity contribution in [3.05, 3.63) is 88.1 Å². The lowest BCUT2D eigenvalue weighted by Crippen LogP contribution is -2.20. The Kier molecular flexibility index (Phi) is 6.11. The molecule has 0 saturated carbocycles. The van der Waals surface area contributed by atoms with Crippen LogP contribution < -0.4 is 5.32 Å². The maximum atomic E-state index is 10.5. The predicted octanol–water partition coefficient (Wildman–Crippen LogP) is 2.56. The van der Waals surface area contributed by atoms with Crippen LogP contribution in [0.25, 0.3) is 0 Å². The summed E-state index contributed by atoms with van der Waals surface area (Å²) in [4.78, 5) is 15.8. The van der Waals surface area contributed by atoms with Gasteiger partial charge in [0.1, 0.15) is 0 Å². The van der Waals surface area contributed by atoms with Gasteiger partial charge in [-0.05, 0) is 24.6 Å². The van der Waals surface area contributed by atoms with Crippen molar-refractivity contribution in [2.75, 3.05) is 13.1 Å². The molecule has 0 amide bonds. The van der Waals surface area contributed by atoms with Crippen molar-refractivity contribution in [2.45, 2.75) is 13.5 Å². The minimum Gasteiger partial charge on any atom is -0.365 e. The van der Waals surface area contributed by atoms with Gasteiger partial charge in [-0.3, -0.25) is 15.1 Å². The summed E-state index contributed by atoms with van der Waals surface area (Å²) in [5.41, 5.74) is 2.38. The van der Waals surface area contributed by atoms with E-state index in [2.05, 4.69) is 34.6 Å². The van der Waals surface area contributed by atoms with Crippen molar-refractivity contribution in [1.29, 1.82) is 0 Å². The van der Waals surface area contributed by atoms with E-state index in [9.17, 15) is 10.1 Å². The average molecular weight is 312 g/mol. The first kappa shape index (κ1) is 16.5. The first-order chi connectivity index (χ1) is 11.1. The van der Waals surface area contributed by atoms with Crippen molar-refractivity contribution in [2.24, 2.45) is 0 Å². The molecular weight excluding hydrogens is 292 g/mol. The van der Waals surface area contributed by atoms with Crippen LogP contribution in [-0.4, -0.2) is 27.9 Å². The molecule has 0 radical (unpaired) electrons. The van der Waals surface area contributed by atoms with Gasteiger partial charge in [-0.25, -0.2) is 0 Å². The molecule has 23 heavy (non-hydrogen) atoms. The fourth-order valence-corrected chi connectivity index (χ4v) is 2.17. The third-order valence-electron chi connectivity index (χ3n) is 3.32. The second-order valence-electron chi connectivity index (χ2n) is 5.16. The van der Waals surface area contributed by atoms with Crippen LogP contribution in [0.5, 0.6) is 0 Å². The first-order valence-electron chi connectivity index (χ1n) is 7.40. The molecule has 1 saturated heterocycles. The largest absolute Gasteiger partial charge is 0.365 e. The number of aromatic nitrogens is 1. The lowest BCUT2D eigenvalue weighted by Gasteiger charge is -2.17. The first-order valence-corrected chi connectivity index (χ1v) is 7.40. The SMILES string of the molecule is Cc1ccc(CN2CCNC2=C[N+](=O)[O-])cc1.c1ccncc1. The second-order valence-corrected chi connectivity index (χ2v) is 5.16. The van der Waals surface area contributed by atoms with Gasteiger partial charge in [0.05, 0.1) is 4.92 Å². The standard InChI is InChI=1S/C12H15N3O2.C5H5N/c1-10-2-4-11(5-3-10)8-14-7-6-13-12(14)9-15(16)17;1-2-4-6-5-3-1/h2-5,9,13H,6-8H2,1H3;1-5H. The predicted molar refractivity (Wildman–Crippen MR) is 88.9 cm³/mol. The van der Waals surface area contributed by atoms with Gasteiger partial charge in [-0.15, -0.1) is 0 Å².